The SMILES string of the molecule is O=C(c1ccccc1)N1CCC(C2c3nc[nH]c3CCN2CC2CCOCC2)CC1. The number of nitrogens with zero attached hydrogens (tertiary/aromatic N) is 3. The molecule has 0 spiro atoms. The van der Waals surface area contributed by atoms with Crippen molar-refractivity contribution in [3.63, 3.8) is 0 Å². The average molecular weight is 409 g/mol. The molecule has 160 valence electrons. The zero-order chi connectivity index (χ0) is 20.3. The zero-order valence-corrected chi connectivity index (χ0v) is 17.6. The first-order valence-corrected chi connectivity index (χ1v) is 11.5. The van der Waals surface area contributed by atoms with E-state index in [1.165, 1.54) is 24.2 Å². The van der Waals surface area contributed by atoms with Crippen LogP contribution >= 0.6 is 0 Å². The molecule has 1 unspecified atom stereocenters. The normalized spacial score (nSPS) is 24.0. The molecule has 0 radical (unpaired) electrons. The van der Waals surface area contributed by atoms with Crippen LogP contribution in [-0.2, 0) is 11.2 Å². The number of nitrogens with one attached hydrogen (secondary N) is 1. The lowest BCUT2D eigenvalue weighted by atomic mass is 9.83. The Kier molecular flexibility index (Phi) is 5.86. The van der Waals surface area contributed by atoms with E-state index in [0.29, 0.717) is 12.0 Å². The number of benzene rings is 1. The number of carbonyl (C=O) groups is 1. The number of likely N-dealkylation sites (tertiary alicyclic amines) is 1. The summed E-state index contributed by atoms with van der Waals surface area (Å²) in [6.07, 6.45) is 7.34. The van der Waals surface area contributed by atoms with Crippen molar-refractivity contribution >= 4 is 5.91 Å². The maximum atomic E-state index is 12.9. The molecule has 4 heterocycles. The third-order valence-electron chi connectivity index (χ3n) is 7.20. The van der Waals surface area contributed by atoms with E-state index in [-0.39, 0.29) is 5.91 Å². The molecule has 0 bridgehead atoms. The molecule has 30 heavy (non-hydrogen) atoms. The van der Waals surface area contributed by atoms with Gasteiger partial charge in [0.1, 0.15) is 0 Å². The first kappa shape index (κ1) is 19.8. The smallest absolute Gasteiger partial charge is 0.253 e. The number of carbonyl (C=O) groups excluding carboxylic acids is 1. The fourth-order valence-corrected chi connectivity index (χ4v) is 5.52. The molecule has 2 saturated heterocycles. The van der Waals surface area contributed by atoms with Gasteiger partial charge in [0.15, 0.2) is 0 Å². The first-order chi connectivity index (χ1) is 14.8. The maximum absolute atomic E-state index is 12.9. The van der Waals surface area contributed by atoms with Gasteiger partial charge in [-0.05, 0) is 49.7 Å². The van der Waals surface area contributed by atoms with Crippen LogP contribution in [0, 0.1) is 11.8 Å². The lowest BCUT2D eigenvalue weighted by Crippen LogP contribution is -2.47. The van der Waals surface area contributed by atoms with Gasteiger partial charge in [-0.15, -0.1) is 0 Å². The summed E-state index contributed by atoms with van der Waals surface area (Å²) in [5.74, 6) is 1.44. The van der Waals surface area contributed by atoms with Crippen LogP contribution in [0.1, 0.15) is 53.5 Å². The number of amides is 1. The zero-order valence-electron chi connectivity index (χ0n) is 17.6. The summed E-state index contributed by atoms with van der Waals surface area (Å²) in [7, 11) is 0. The molecule has 3 aliphatic heterocycles. The van der Waals surface area contributed by atoms with E-state index in [1.807, 2.05) is 41.6 Å². The molecule has 2 aromatic rings. The van der Waals surface area contributed by atoms with Gasteiger partial charge in [-0.3, -0.25) is 9.69 Å². The van der Waals surface area contributed by atoms with Crippen LogP contribution in [0.15, 0.2) is 36.7 Å². The van der Waals surface area contributed by atoms with E-state index >= 15 is 0 Å². The Bertz CT molecular complexity index is 838. The monoisotopic (exact) mass is 408 g/mol. The highest BCUT2D eigenvalue weighted by atomic mass is 16.5. The molecule has 1 N–H and O–H groups in total. The van der Waals surface area contributed by atoms with Crippen molar-refractivity contribution in [2.75, 3.05) is 39.4 Å². The molecule has 0 saturated carbocycles. The largest absolute Gasteiger partial charge is 0.381 e. The number of aromatic nitrogens is 2. The van der Waals surface area contributed by atoms with Crippen molar-refractivity contribution in [2.24, 2.45) is 11.8 Å². The summed E-state index contributed by atoms with van der Waals surface area (Å²) in [5.41, 5.74) is 3.36. The second-order valence-corrected chi connectivity index (χ2v) is 9.01. The van der Waals surface area contributed by atoms with E-state index in [4.69, 9.17) is 9.72 Å². The fourth-order valence-electron chi connectivity index (χ4n) is 5.52. The molecule has 6 heteroatoms. The van der Waals surface area contributed by atoms with Crippen LogP contribution in [0.4, 0.5) is 0 Å². The van der Waals surface area contributed by atoms with Gasteiger partial charge < -0.3 is 14.6 Å². The van der Waals surface area contributed by atoms with Crippen molar-refractivity contribution in [3.8, 4) is 0 Å². The van der Waals surface area contributed by atoms with Crippen LogP contribution < -0.4 is 0 Å². The van der Waals surface area contributed by atoms with Crippen molar-refractivity contribution in [1.82, 2.24) is 19.8 Å². The summed E-state index contributed by atoms with van der Waals surface area (Å²) < 4.78 is 5.57. The molecule has 1 atom stereocenters. The molecule has 5 rings (SSSR count). The highest BCUT2D eigenvalue weighted by Gasteiger charge is 2.38. The second-order valence-electron chi connectivity index (χ2n) is 9.01. The minimum Gasteiger partial charge on any atom is -0.381 e. The molecular weight excluding hydrogens is 376 g/mol. The molecule has 0 aliphatic carbocycles. The Balaban J connectivity index is 1.28. The fraction of sp³-hybridized carbons (Fsp3) is 0.583. The van der Waals surface area contributed by atoms with Crippen LogP contribution in [0.3, 0.4) is 0 Å². The number of ether oxygens (including phenoxy) is 1. The number of imidazole rings is 1. The Hall–Kier alpha value is -2.18. The minimum absolute atomic E-state index is 0.164. The molecule has 2 fully saturated rings. The summed E-state index contributed by atoms with van der Waals surface area (Å²) in [5, 5.41) is 0. The van der Waals surface area contributed by atoms with Gasteiger partial charge in [-0.2, -0.15) is 0 Å². The molecule has 3 aliphatic rings. The Morgan fingerprint density at radius 3 is 2.60 bits per heavy atom. The molecule has 1 aromatic heterocycles. The number of aromatic amines is 1. The van der Waals surface area contributed by atoms with Crippen molar-refractivity contribution < 1.29 is 9.53 Å². The Morgan fingerprint density at radius 1 is 1.07 bits per heavy atom. The molecule has 1 aromatic carbocycles. The van der Waals surface area contributed by atoms with Crippen LogP contribution in [-0.4, -0.2) is 65.1 Å². The number of rotatable bonds is 4. The van der Waals surface area contributed by atoms with Gasteiger partial charge in [-0.25, -0.2) is 4.98 Å². The van der Waals surface area contributed by atoms with Crippen molar-refractivity contribution in [2.45, 2.75) is 38.1 Å². The molecule has 6 nitrogen and oxygen atoms in total. The summed E-state index contributed by atoms with van der Waals surface area (Å²) >= 11 is 0. The highest BCUT2D eigenvalue weighted by molar-refractivity contribution is 5.94. The topological polar surface area (TPSA) is 61.5 Å². The number of hydrogen-bond acceptors (Lipinski definition) is 4. The van der Waals surface area contributed by atoms with Gasteiger partial charge >= 0.3 is 0 Å². The standard InChI is InChI=1S/C24H32N4O2/c29-24(20-4-2-1-3-5-20)27-11-6-19(7-12-27)23-22-21(25-17-26-22)8-13-28(23)16-18-9-14-30-15-10-18/h1-5,17-19,23H,6-16H2,(H,25,26). The highest BCUT2D eigenvalue weighted by Crippen LogP contribution is 2.39. The quantitative estimate of drug-likeness (QED) is 0.843. The second kappa shape index (κ2) is 8.90. The van der Waals surface area contributed by atoms with E-state index in [0.717, 1.165) is 70.1 Å². The van der Waals surface area contributed by atoms with Crippen LogP contribution in [0.25, 0.3) is 0 Å². The first-order valence-electron chi connectivity index (χ1n) is 11.5. The van der Waals surface area contributed by atoms with Gasteiger partial charge in [0.05, 0.1) is 18.1 Å². The molecular formula is C24H32N4O2. The van der Waals surface area contributed by atoms with Gasteiger partial charge in [0, 0.05) is 57.1 Å². The maximum Gasteiger partial charge on any atom is 0.253 e. The number of piperidine rings is 1. The summed E-state index contributed by atoms with van der Waals surface area (Å²) in [6.45, 7) is 5.71. The van der Waals surface area contributed by atoms with Crippen LogP contribution in [0.2, 0.25) is 0 Å². The number of H-pyrrole nitrogens is 1. The van der Waals surface area contributed by atoms with E-state index in [1.54, 1.807) is 0 Å². The van der Waals surface area contributed by atoms with Gasteiger partial charge in [0.25, 0.3) is 5.91 Å². The predicted molar refractivity (Wildman–Crippen MR) is 115 cm³/mol. The Labute approximate surface area is 178 Å². The minimum atomic E-state index is 0.164. The van der Waals surface area contributed by atoms with Crippen molar-refractivity contribution in [1.29, 1.82) is 0 Å². The summed E-state index contributed by atoms with van der Waals surface area (Å²) in [4.78, 5) is 25.7. The average Bonchev–Trinajstić information content (AvgIpc) is 3.29. The number of hydrogen-bond donors (Lipinski definition) is 1. The van der Waals surface area contributed by atoms with Gasteiger partial charge in [-0.1, -0.05) is 18.2 Å². The van der Waals surface area contributed by atoms with Crippen molar-refractivity contribution in [3.05, 3.63) is 53.6 Å². The Morgan fingerprint density at radius 2 is 1.83 bits per heavy atom. The number of fused-ring (bicyclic) bond motifs is 1. The van der Waals surface area contributed by atoms with E-state index in [9.17, 15) is 4.79 Å². The van der Waals surface area contributed by atoms with E-state index in [2.05, 4.69) is 9.88 Å². The lowest BCUT2D eigenvalue weighted by molar-refractivity contribution is 0.0241. The van der Waals surface area contributed by atoms with E-state index < -0.39 is 0 Å². The summed E-state index contributed by atoms with van der Waals surface area (Å²) in [6, 6.07) is 10.0. The van der Waals surface area contributed by atoms with Crippen LogP contribution in [0.5, 0.6) is 0 Å². The molecule has 1 amide bonds. The van der Waals surface area contributed by atoms with Gasteiger partial charge in [0.2, 0.25) is 0 Å². The predicted octanol–water partition coefficient (Wildman–Crippen LogP) is 3.29. The third kappa shape index (κ3) is 4.03. The lowest BCUT2D eigenvalue weighted by Gasteiger charge is -2.44. The third-order valence-corrected chi connectivity index (χ3v) is 7.20.